The van der Waals surface area contributed by atoms with Gasteiger partial charge in [-0.2, -0.15) is 0 Å². The van der Waals surface area contributed by atoms with Crippen LogP contribution in [0.5, 0.6) is 0 Å². The molecular formula is C9H9ClN4S. The molecule has 2 aromatic rings. The summed E-state index contributed by atoms with van der Waals surface area (Å²) in [6.45, 7) is 0.777. The van der Waals surface area contributed by atoms with Gasteiger partial charge in [0.05, 0.1) is 23.6 Å². The van der Waals surface area contributed by atoms with E-state index >= 15 is 0 Å². The van der Waals surface area contributed by atoms with E-state index in [1.807, 2.05) is 10.9 Å². The lowest BCUT2D eigenvalue weighted by molar-refractivity contribution is 0.964. The van der Waals surface area contributed by atoms with Crippen molar-refractivity contribution in [2.45, 2.75) is 6.42 Å². The third-order valence-corrected chi connectivity index (χ3v) is 2.59. The molecular weight excluding hydrogens is 232 g/mol. The molecule has 2 aromatic heterocycles. The minimum atomic E-state index is 0.397. The van der Waals surface area contributed by atoms with Gasteiger partial charge in [-0.15, -0.1) is 11.3 Å². The monoisotopic (exact) mass is 240 g/mol. The minimum Gasteiger partial charge on any atom is -0.368 e. The normalized spacial score (nSPS) is 10.2. The fourth-order valence-corrected chi connectivity index (χ4v) is 1.85. The number of anilines is 1. The number of halogens is 1. The van der Waals surface area contributed by atoms with Crippen molar-refractivity contribution in [3.8, 4) is 0 Å². The number of thiazole rings is 1. The molecule has 0 aliphatic carbocycles. The van der Waals surface area contributed by atoms with Crippen molar-refractivity contribution in [3.63, 3.8) is 0 Å². The molecule has 2 rings (SSSR count). The lowest BCUT2D eigenvalue weighted by Crippen LogP contribution is -2.06. The molecule has 0 aliphatic heterocycles. The van der Waals surface area contributed by atoms with E-state index in [1.165, 1.54) is 6.20 Å². The lowest BCUT2D eigenvalue weighted by atomic mass is 10.3. The molecule has 0 atom stereocenters. The van der Waals surface area contributed by atoms with Crippen LogP contribution in [0, 0.1) is 0 Å². The molecule has 78 valence electrons. The summed E-state index contributed by atoms with van der Waals surface area (Å²) in [5, 5.41) is 5.56. The Labute approximate surface area is 96.4 Å². The van der Waals surface area contributed by atoms with Crippen LogP contribution < -0.4 is 5.32 Å². The van der Waals surface area contributed by atoms with Gasteiger partial charge in [0.15, 0.2) is 0 Å². The maximum Gasteiger partial charge on any atom is 0.149 e. The fraction of sp³-hybridized carbons (Fsp3) is 0.222. The molecule has 15 heavy (non-hydrogen) atoms. The van der Waals surface area contributed by atoms with Gasteiger partial charge in [0.25, 0.3) is 0 Å². The number of rotatable bonds is 4. The summed E-state index contributed by atoms with van der Waals surface area (Å²) in [7, 11) is 0. The zero-order chi connectivity index (χ0) is 10.5. The molecule has 6 heteroatoms. The van der Waals surface area contributed by atoms with Gasteiger partial charge in [0, 0.05) is 18.3 Å². The molecule has 0 fully saturated rings. The highest BCUT2D eigenvalue weighted by molar-refractivity contribution is 7.07. The van der Waals surface area contributed by atoms with E-state index in [4.69, 9.17) is 11.6 Å². The molecule has 0 aliphatic rings. The smallest absolute Gasteiger partial charge is 0.149 e. The maximum atomic E-state index is 5.70. The fourth-order valence-electron chi connectivity index (χ4n) is 1.11. The summed E-state index contributed by atoms with van der Waals surface area (Å²) in [4.78, 5) is 12.2. The quantitative estimate of drug-likeness (QED) is 0.891. The molecule has 0 saturated heterocycles. The van der Waals surface area contributed by atoms with E-state index in [1.54, 1.807) is 17.5 Å². The van der Waals surface area contributed by atoms with Gasteiger partial charge in [-0.3, -0.25) is 4.98 Å². The number of hydrogen-bond acceptors (Lipinski definition) is 5. The summed E-state index contributed by atoms with van der Waals surface area (Å²) in [5.41, 5.74) is 2.91. The van der Waals surface area contributed by atoms with E-state index in [9.17, 15) is 0 Å². The number of nitrogens with zero attached hydrogens (tertiary/aromatic N) is 3. The van der Waals surface area contributed by atoms with Crippen molar-refractivity contribution in [1.82, 2.24) is 15.0 Å². The second-order valence-corrected chi connectivity index (χ2v) is 3.99. The number of nitrogens with one attached hydrogen (secondary N) is 1. The second-order valence-electron chi connectivity index (χ2n) is 2.88. The van der Waals surface area contributed by atoms with Crippen LogP contribution in [0.2, 0.25) is 5.15 Å². The Morgan fingerprint density at radius 3 is 3.07 bits per heavy atom. The van der Waals surface area contributed by atoms with Crippen LogP contribution in [0.1, 0.15) is 5.69 Å². The van der Waals surface area contributed by atoms with Crippen LogP contribution in [0.15, 0.2) is 23.3 Å². The lowest BCUT2D eigenvalue weighted by Gasteiger charge is -2.03. The first kappa shape index (κ1) is 10.3. The molecule has 0 bridgehead atoms. The molecule has 2 heterocycles. The summed E-state index contributed by atoms with van der Waals surface area (Å²) in [6, 6.07) is 0. The van der Waals surface area contributed by atoms with Crippen molar-refractivity contribution < 1.29 is 0 Å². The van der Waals surface area contributed by atoms with Crippen LogP contribution in [0.3, 0.4) is 0 Å². The third-order valence-electron chi connectivity index (χ3n) is 1.78. The van der Waals surface area contributed by atoms with Gasteiger partial charge in [-0.25, -0.2) is 9.97 Å². The van der Waals surface area contributed by atoms with Crippen molar-refractivity contribution in [1.29, 1.82) is 0 Å². The average Bonchev–Trinajstić information content (AvgIpc) is 2.71. The Hall–Kier alpha value is -1.20. The van der Waals surface area contributed by atoms with Gasteiger partial charge >= 0.3 is 0 Å². The van der Waals surface area contributed by atoms with Gasteiger partial charge in [0.2, 0.25) is 0 Å². The SMILES string of the molecule is Clc1cncc(NCCc2cscn2)n1. The molecule has 0 saturated carbocycles. The minimum absolute atomic E-state index is 0.397. The van der Waals surface area contributed by atoms with Crippen LogP contribution in [-0.4, -0.2) is 21.5 Å². The van der Waals surface area contributed by atoms with Crippen LogP contribution in [0.4, 0.5) is 5.82 Å². The van der Waals surface area contributed by atoms with Crippen LogP contribution in [0.25, 0.3) is 0 Å². The molecule has 1 N–H and O–H groups in total. The topological polar surface area (TPSA) is 50.7 Å². The highest BCUT2D eigenvalue weighted by atomic mass is 35.5. The van der Waals surface area contributed by atoms with Crippen molar-refractivity contribution >= 4 is 28.8 Å². The summed E-state index contributed by atoms with van der Waals surface area (Å²) in [6.07, 6.45) is 4.03. The average molecular weight is 241 g/mol. The second kappa shape index (κ2) is 5.04. The van der Waals surface area contributed by atoms with E-state index in [0.29, 0.717) is 11.0 Å². The Morgan fingerprint density at radius 1 is 1.40 bits per heavy atom. The predicted octanol–water partition coefficient (Wildman–Crippen LogP) is 2.24. The maximum absolute atomic E-state index is 5.70. The molecule has 0 radical (unpaired) electrons. The van der Waals surface area contributed by atoms with E-state index < -0.39 is 0 Å². The molecule has 4 nitrogen and oxygen atoms in total. The number of hydrogen-bond donors (Lipinski definition) is 1. The first-order valence-electron chi connectivity index (χ1n) is 4.43. The first-order valence-corrected chi connectivity index (χ1v) is 5.75. The van der Waals surface area contributed by atoms with Gasteiger partial charge in [0.1, 0.15) is 11.0 Å². The summed E-state index contributed by atoms with van der Waals surface area (Å²) in [5.74, 6) is 0.692. The standard InChI is InChI=1S/C9H9ClN4S/c10-8-3-11-4-9(14-8)12-2-1-7-5-15-6-13-7/h3-6H,1-2H2,(H,12,14). The first-order chi connectivity index (χ1) is 7.34. The van der Waals surface area contributed by atoms with E-state index in [2.05, 4.69) is 20.3 Å². The summed E-state index contributed by atoms with van der Waals surface area (Å²) < 4.78 is 0. The highest BCUT2D eigenvalue weighted by Crippen LogP contribution is 2.07. The Kier molecular flexibility index (Phi) is 3.47. The van der Waals surface area contributed by atoms with Gasteiger partial charge < -0.3 is 5.32 Å². The van der Waals surface area contributed by atoms with Gasteiger partial charge in [-0.1, -0.05) is 11.6 Å². The molecule has 0 aromatic carbocycles. The number of aromatic nitrogens is 3. The van der Waals surface area contributed by atoms with E-state index in [-0.39, 0.29) is 0 Å². The van der Waals surface area contributed by atoms with Crippen molar-refractivity contribution in [2.75, 3.05) is 11.9 Å². The summed E-state index contributed by atoms with van der Waals surface area (Å²) >= 11 is 7.30. The van der Waals surface area contributed by atoms with Gasteiger partial charge in [-0.05, 0) is 0 Å². The Bertz CT molecular complexity index is 418. The van der Waals surface area contributed by atoms with E-state index in [0.717, 1.165) is 18.7 Å². The zero-order valence-electron chi connectivity index (χ0n) is 7.85. The Morgan fingerprint density at radius 2 is 2.33 bits per heavy atom. The van der Waals surface area contributed by atoms with Crippen LogP contribution >= 0.6 is 22.9 Å². The van der Waals surface area contributed by atoms with Crippen LogP contribution in [-0.2, 0) is 6.42 Å². The zero-order valence-corrected chi connectivity index (χ0v) is 9.42. The van der Waals surface area contributed by atoms with Crippen molar-refractivity contribution in [2.24, 2.45) is 0 Å². The highest BCUT2D eigenvalue weighted by Gasteiger charge is 1.97. The predicted molar refractivity (Wildman–Crippen MR) is 61.3 cm³/mol. The third kappa shape index (κ3) is 3.14. The molecule has 0 unspecified atom stereocenters. The van der Waals surface area contributed by atoms with Crippen molar-refractivity contribution in [3.05, 3.63) is 34.1 Å². The molecule has 0 spiro atoms. The molecule has 0 amide bonds. The largest absolute Gasteiger partial charge is 0.368 e. The Balaban J connectivity index is 1.83.